The van der Waals surface area contributed by atoms with Crippen LogP contribution in [-0.4, -0.2) is 24.1 Å². The number of pyridine rings is 1. The molecule has 1 aromatic rings. The Morgan fingerprint density at radius 1 is 1.65 bits per heavy atom. The lowest BCUT2D eigenvalue weighted by Gasteiger charge is -2.41. The fourth-order valence-corrected chi connectivity index (χ4v) is 3.46. The fraction of sp³-hybridized carbons (Fsp3) is 0.562. The van der Waals surface area contributed by atoms with Crippen molar-refractivity contribution in [3.05, 3.63) is 22.6 Å². The molecule has 1 aromatic heterocycles. The van der Waals surface area contributed by atoms with Crippen molar-refractivity contribution in [1.29, 1.82) is 5.26 Å². The summed E-state index contributed by atoms with van der Waals surface area (Å²) >= 11 is 5.88. The zero-order valence-electron chi connectivity index (χ0n) is 13.2. The highest BCUT2D eigenvalue weighted by Gasteiger charge is 2.47. The summed E-state index contributed by atoms with van der Waals surface area (Å²) < 4.78 is 19.1. The normalized spacial score (nSPS) is 23.9. The van der Waals surface area contributed by atoms with Crippen LogP contribution in [0.5, 0.6) is 0 Å². The summed E-state index contributed by atoms with van der Waals surface area (Å²) in [5, 5.41) is 11.8. The van der Waals surface area contributed by atoms with Crippen LogP contribution in [0.4, 0.5) is 10.2 Å². The van der Waals surface area contributed by atoms with Gasteiger partial charge in [0, 0.05) is 6.04 Å². The van der Waals surface area contributed by atoms with E-state index in [4.69, 9.17) is 21.6 Å². The van der Waals surface area contributed by atoms with E-state index in [2.05, 4.69) is 10.3 Å². The van der Waals surface area contributed by atoms with Crippen molar-refractivity contribution in [3.63, 3.8) is 0 Å². The first-order valence-corrected chi connectivity index (χ1v) is 7.97. The topological polar surface area (TPSA) is 75.0 Å². The predicted molar refractivity (Wildman–Crippen MR) is 84.5 cm³/mol. The number of carbonyl (C=O) groups excluding carboxylic acids is 1. The molecule has 0 amide bonds. The number of hydrogen-bond acceptors (Lipinski definition) is 5. The molecule has 1 N–H and O–H groups in total. The van der Waals surface area contributed by atoms with Crippen LogP contribution < -0.4 is 5.32 Å². The second-order valence-corrected chi connectivity index (χ2v) is 6.07. The monoisotopic (exact) mass is 339 g/mol. The average Bonchev–Trinajstić information content (AvgIpc) is 2.57. The van der Waals surface area contributed by atoms with E-state index < -0.39 is 11.2 Å². The molecule has 1 aliphatic rings. The number of nitriles is 1. The predicted octanol–water partition coefficient (Wildman–Crippen LogP) is 3.67. The van der Waals surface area contributed by atoms with Crippen LogP contribution in [0.25, 0.3) is 0 Å². The molecule has 5 nitrogen and oxygen atoms in total. The number of methoxy groups -OCH3 is 1. The van der Waals surface area contributed by atoms with Gasteiger partial charge in [-0.2, -0.15) is 5.26 Å². The highest BCUT2D eigenvalue weighted by atomic mass is 35.5. The number of ether oxygens (including phenoxy) is 1. The standard InChI is InChI=1S/C16H19ClFN3O2/c1-3-16(15(22)23-2)7-5-4-6-12(16)20-14-11(18)8-10(9-19)13(17)21-14/h8,12H,3-7H2,1-2H3,(H,20,21). The zero-order chi connectivity index (χ0) is 17.0. The Kier molecular flexibility index (Phi) is 5.42. The summed E-state index contributed by atoms with van der Waals surface area (Å²) in [6.45, 7) is 1.92. The molecule has 0 aromatic carbocycles. The number of nitrogens with one attached hydrogen (secondary N) is 1. The van der Waals surface area contributed by atoms with Gasteiger partial charge in [-0.05, 0) is 25.3 Å². The van der Waals surface area contributed by atoms with Crippen LogP contribution in [-0.2, 0) is 9.53 Å². The Labute approximate surface area is 139 Å². The molecule has 124 valence electrons. The molecule has 1 saturated carbocycles. The van der Waals surface area contributed by atoms with E-state index in [1.807, 2.05) is 6.92 Å². The SMILES string of the molecule is CCC1(C(=O)OC)CCCCC1Nc1nc(Cl)c(C#N)cc1F. The zero-order valence-corrected chi connectivity index (χ0v) is 13.9. The minimum absolute atomic E-state index is 0.0203. The Hall–Kier alpha value is -1.87. The van der Waals surface area contributed by atoms with Crippen molar-refractivity contribution in [2.24, 2.45) is 5.41 Å². The van der Waals surface area contributed by atoms with E-state index in [0.29, 0.717) is 19.3 Å². The van der Waals surface area contributed by atoms with Crippen LogP contribution in [0.1, 0.15) is 44.6 Å². The van der Waals surface area contributed by atoms with Gasteiger partial charge in [0.1, 0.15) is 11.2 Å². The van der Waals surface area contributed by atoms with E-state index in [-0.39, 0.29) is 28.5 Å². The molecule has 0 spiro atoms. The Morgan fingerprint density at radius 3 is 3.00 bits per heavy atom. The van der Waals surface area contributed by atoms with Gasteiger partial charge in [-0.3, -0.25) is 4.79 Å². The third-order valence-electron chi connectivity index (χ3n) is 4.62. The number of halogens is 2. The van der Waals surface area contributed by atoms with Gasteiger partial charge in [-0.15, -0.1) is 0 Å². The maximum atomic E-state index is 14.2. The molecule has 2 unspecified atom stereocenters. The van der Waals surface area contributed by atoms with E-state index in [0.717, 1.165) is 18.9 Å². The molecular weight excluding hydrogens is 321 g/mol. The molecule has 0 radical (unpaired) electrons. The fourth-order valence-electron chi connectivity index (χ4n) is 3.28. The summed E-state index contributed by atoms with van der Waals surface area (Å²) in [7, 11) is 1.36. The summed E-state index contributed by atoms with van der Waals surface area (Å²) in [4.78, 5) is 16.3. The van der Waals surface area contributed by atoms with Gasteiger partial charge in [0.2, 0.25) is 0 Å². The van der Waals surface area contributed by atoms with Crippen molar-refractivity contribution in [2.75, 3.05) is 12.4 Å². The Bertz CT molecular complexity index is 647. The molecule has 0 saturated heterocycles. The number of rotatable bonds is 4. The van der Waals surface area contributed by atoms with Gasteiger partial charge < -0.3 is 10.1 Å². The van der Waals surface area contributed by atoms with Crippen molar-refractivity contribution in [3.8, 4) is 6.07 Å². The minimum atomic E-state index is -0.707. The maximum absolute atomic E-state index is 14.2. The molecule has 2 rings (SSSR count). The molecule has 0 bridgehead atoms. The van der Waals surface area contributed by atoms with Gasteiger partial charge in [-0.1, -0.05) is 31.4 Å². The molecule has 0 aliphatic heterocycles. The molecule has 1 fully saturated rings. The number of hydrogen-bond donors (Lipinski definition) is 1. The Balaban J connectivity index is 2.35. The summed E-state index contributed by atoms with van der Waals surface area (Å²) in [6, 6.07) is 2.54. The molecule has 2 atom stereocenters. The van der Waals surface area contributed by atoms with Crippen molar-refractivity contribution in [1.82, 2.24) is 4.98 Å². The number of aromatic nitrogens is 1. The molecule has 7 heteroatoms. The molecular formula is C16H19ClFN3O2. The number of esters is 1. The first-order chi connectivity index (χ1) is 11.0. The number of anilines is 1. The summed E-state index contributed by atoms with van der Waals surface area (Å²) in [5.41, 5.74) is -0.727. The average molecular weight is 340 g/mol. The number of carbonyl (C=O) groups is 1. The van der Waals surface area contributed by atoms with Crippen LogP contribution in [0.2, 0.25) is 5.15 Å². The van der Waals surface area contributed by atoms with E-state index in [1.54, 1.807) is 6.07 Å². The van der Waals surface area contributed by atoms with E-state index in [9.17, 15) is 9.18 Å². The molecule has 23 heavy (non-hydrogen) atoms. The van der Waals surface area contributed by atoms with Crippen LogP contribution in [0, 0.1) is 22.6 Å². The van der Waals surface area contributed by atoms with Gasteiger partial charge in [0.25, 0.3) is 0 Å². The molecule has 1 aliphatic carbocycles. The smallest absolute Gasteiger partial charge is 0.313 e. The lowest BCUT2D eigenvalue weighted by atomic mass is 9.68. The van der Waals surface area contributed by atoms with Crippen LogP contribution in [0.3, 0.4) is 0 Å². The van der Waals surface area contributed by atoms with Gasteiger partial charge >= 0.3 is 5.97 Å². The third kappa shape index (κ3) is 3.25. The highest BCUT2D eigenvalue weighted by Crippen LogP contribution is 2.42. The van der Waals surface area contributed by atoms with Crippen LogP contribution in [0.15, 0.2) is 6.07 Å². The first kappa shape index (κ1) is 17.5. The quantitative estimate of drug-likeness (QED) is 0.669. The van der Waals surface area contributed by atoms with Crippen molar-refractivity contribution >= 4 is 23.4 Å². The van der Waals surface area contributed by atoms with E-state index in [1.165, 1.54) is 7.11 Å². The second kappa shape index (κ2) is 7.14. The third-order valence-corrected chi connectivity index (χ3v) is 4.90. The van der Waals surface area contributed by atoms with Crippen LogP contribution >= 0.6 is 11.6 Å². The Morgan fingerprint density at radius 2 is 2.39 bits per heavy atom. The van der Waals surface area contributed by atoms with Gasteiger partial charge in [-0.25, -0.2) is 9.37 Å². The maximum Gasteiger partial charge on any atom is 0.313 e. The lowest BCUT2D eigenvalue weighted by molar-refractivity contribution is -0.155. The van der Waals surface area contributed by atoms with Gasteiger partial charge in [0.05, 0.1) is 18.1 Å². The lowest BCUT2D eigenvalue weighted by Crippen LogP contribution is -2.49. The number of nitrogens with zero attached hydrogens (tertiary/aromatic N) is 2. The molecule has 1 heterocycles. The van der Waals surface area contributed by atoms with Crippen molar-refractivity contribution in [2.45, 2.75) is 45.1 Å². The first-order valence-electron chi connectivity index (χ1n) is 7.59. The minimum Gasteiger partial charge on any atom is -0.469 e. The summed E-state index contributed by atoms with van der Waals surface area (Å²) in [6.07, 6.45) is 3.83. The summed E-state index contributed by atoms with van der Waals surface area (Å²) in [5.74, 6) is -0.994. The van der Waals surface area contributed by atoms with E-state index >= 15 is 0 Å². The largest absolute Gasteiger partial charge is 0.469 e. The highest BCUT2D eigenvalue weighted by molar-refractivity contribution is 6.30. The second-order valence-electron chi connectivity index (χ2n) is 5.71. The van der Waals surface area contributed by atoms with Crippen molar-refractivity contribution < 1.29 is 13.9 Å². The van der Waals surface area contributed by atoms with Gasteiger partial charge in [0.15, 0.2) is 11.6 Å².